The van der Waals surface area contributed by atoms with E-state index in [9.17, 15) is 4.79 Å². The van der Waals surface area contributed by atoms with Crippen LogP contribution in [0, 0.1) is 0 Å². The molecule has 2 rings (SSSR count). The predicted molar refractivity (Wildman–Crippen MR) is 101 cm³/mol. The second kappa shape index (κ2) is 10.9. The molecule has 0 aliphatic heterocycles. The molecule has 0 saturated heterocycles. The number of fused-ring (bicyclic) bond motifs is 1. The number of carbonyl (C=O) groups excluding carboxylic acids is 1. The molecule has 0 N–H and O–H groups in total. The van der Waals surface area contributed by atoms with Crippen molar-refractivity contribution in [3.05, 3.63) is 42.5 Å². The minimum atomic E-state index is -0.117. The third kappa shape index (κ3) is 6.74. The van der Waals surface area contributed by atoms with Gasteiger partial charge in [-0.15, -0.1) is 0 Å². The van der Waals surface area contributed by atoms with E-state index >= 15 is 0 Å². The Labute approximate surface area is 146 Å². The SMILES string of the molecule is CCCCCCCCCCCC(=O)Oc1ccc2ccccc2c1. The normalized spacial score (nSPS) is 10.9. The topological polar surface area (TPSA) is 26.3 Å². The summed E-state index contributed by atoms with van der Waals surface area (Å²) in [6.07, 6.45) is 11.8. The van der Waals surface area contributed by atoms with Crippen LogP contribution in [-0.2, 0) is 4.79 Å². The first-order chi connectivity index (χ1) is 11.8. The molecule has 2 nitrogen and oxygen atoms in total. The van der Waals surface area contributed by atoms with E-state index in [-0.39, 0.29) is 5.97 Å². The van der Waals surface area contributed by atoms with E-state index in [0.717, 1.165) is 23.6 Å². The summed E-state index contributed by atoms with van der Waals surface area (Å²) in [5.74, 6) is 0.530. The van der Waals surface area contributed by atoms with Gasteiger partial charge in [0.05, 0.1) is 0 Å². The third-order valence-corrected chi connectivity index (χ3v) is 4.44. The summed E-state index contributed by atoms with van der Waals surface area (Å²) in [6.45, 7) is 2.25. The highest BCUT2D eigenvalue weighted by molar-refractivity contribution is 5.84. The Morgan fingerprint density at radius 2 is 1.42 bits per heavy atom. The van der Waals surface area contributed by atoms with Crippen molar-refractivity contribution in [2.75, 3.05) is 0 Å². The maximum atomic E-state index is 11.9. The molecule has 2 aromatic carbocycles. The fraction of sp³-hybridized carbons (Fsp3) is 0.500. The first kappa shape index (κ1) is 18.5. The van der Waals surface area contributed by atoms with Crippen LogP contribution in [0.5, 0.6) is 5.75 Å². The molecule has 0 bridgehead atoms. The van der Waals surface area contributed by atoms with Crippen molar-refractivity contribution in [3.63, 3.8) is 0 Å². The summed E-state index contributed by atoms with van der Waals surface area (Å²) < 4.78 is 5.46. The number of esters is 1. The van der Waals surface area contributed by atoms with Gasteiger partial charge in [-0.3, -0.25) is 4.79 Å². The lowest BCUT2D eigenvalue weighted by atomic mass is 10.1. The van der Waals surface area contributed by atoms with Crippen LogP contribution in [0.2, 0.25) is 0 Å². The second-order valence-electron chi connectivity index (χ2n) is 6.56. The number of hydrogen-bond acceptors (Lipinski definition) is 2. The molecular weight excluding hydrogens is 296 g/mol. The molecule has 0 atom stereocenters. The summed E-state index contributed by atoms with van der Waals surface area (Å²) in [5.41, 5.74) is 0. The zero-order valence-corrected chi connectivity index (χ0v) is 14.9. The van der Waals surface area contributed by atoms with Crippen LogP contribution in [0.3, 0.4) is 0 Å². The van der Waals surface area contributed by atoms with Crippen LogP contribution < -0.4 is 4.74 Å². The molecule has 0 heterocycles. The maximum Gasteiger partial charge on any atom is 0.311 e. The molecule has 2 heteroatoms. The van der Waals surface area contributed by atoms with Crippen molar-refractivity contribution in [3.8, 4) is 5.75 Å². The molecule has 0 unspecified atom stereocenters. The molecule has 0 fully saturated rings. The highest BCUT2D eigenvalue weighted by atomic mass is 16.5. The largest absolute Gasteiger partial charge is 0.427 e. The Balaban J connectivity index is 1.59. The average molecular weight is 326 g/mol. The number of hydrogen-bond donors (Lipinski definition) is 0. The Morgan fingerprint density at radius 1 is 0.792 bits per heavy atom. The van der Waals surface area contributed by atoms with Gasteiger partial charge >= 0.3 is 5.97 Å². The standard InChI is InChI=1S/C22H30O2/c1-2-3-4-5-6-7-8-9-10-15-22(23)24-21-17-16-19-13-11-12-14-20(19)18-21/h11-14,16-18H,2-10,15H2,1H3. The van der Waals surface area contributed by atoms with E-state index < -0.39 is 0 Å². The van der Waals surface area contributed by atoms with Gasteiger partial charge < -0.3 is 4.74 Å². The number of ether oxygens (including phenoxy) is 1. The molecule has 130 valence electrons. The van der Waals surface area contributed by atoms with Gasteiger partial charge in [0.25, 0.3) is 0 Å². The molecule has 2 aromatic rings. The number of rotatable bonds is 11. The van der Waals surface area contributed by atoms with E-state index in [4.69, 9.17) is 4.74 Å². The molecule has 0 aliphatic rings. The molecule has 0 spiro atoms. The lowest BCUT2D eigenvalue weighted by molar-refractivity contribution is -0.134. The zero-order chi connectivity index (χ0) is 17.0. The number of unbranched alkanes of at least 4 members (excludes halogenated alkanes) is 8. The van der Waals surface area contributed by atoms with Gasteiger partial charge in [-0.2, -0.15) is 0 Å². The Bertz CT molecular complexity index is 618. The first-order valence-corrected chi connectivity index (χ1v) is 9.49. The van der Waals surface area contributed by atoms with Crippen LogP contribution in [0.4, 0.5) is 0 Å². The molecular formula is C22H30O2. The summed E-state index contributed by atoms with van der Waals surface area (Å²) in [5, 5.41) is 2.27. The second-order valence-corrected chi connectivity index (χ2v) is 6.56. The molecule has 24 heavy (non-hydrogen) atoms. The molecule has 0 radical (unpaired) electrons. The lowest BCUT2D eigenvalue weighted by Gasteiger charge is -2.06. The summed E-state index contributed by atoms with van der Waals surface area (Å²) in [6, 6.07) is 13.9. The van der Waals surface area contributed by atoms with Crippen LogP contribution in [0.15, 0.2) is 42.5 Å². The predicted octanol–water partition coefficient (Wildman–Crippen LogP) is 6.67. The molecule has 0 saturated carbocycles. The minimum absolute atomic E-state index is 0.117. The first-order valence-electron chi connectivity index (χ1n) is 9.49. The van der Waals surface area contributed by atoms with Gasteiger partial charge in [0.2, 0.25) is 0 Å². The fourth-order valence-corrected chi connectivity index (χ4v) is 2.99. The van der Waals surface area contributed by atoms with Crippen LogP contribution in [0.25, 0.3) is 10.8 Å². The van der Waals surface area contributed by atoms with Crippen molar-refractivity contribution in [2.45, 2.75) is 71.1 Å². The minimum Gasteiger partial charge on any atom is -0.427 e. The monoisotopic (exact) mass is 326 g/mol. The van der Waals surface area contributed by atoms with Crippen molar-refractivity contribution >= 4 is 16.7 Å². The maximum absolute atomic E-state index is 11.9. The van der Waals surface area contributed by atoms with E-state index in [1.807, 2.05) is 36.4 Å². The van der Waals surface area contributed by atoms with E-state index in [0.29, 0.717) is 12.2 Å². The lowest BCUT2D eigenvalue weighted by Crippen LogP contribution is -2.07. The molecule has 0 amide bonds. The number of benzene rings is 2. The summed E-state index contributed by atoms with van der Waals surface area (Å²) >= 11 is 0. The van der Waals surface area contributed by atoms with E-state index in [1.54, 1.807) is 0 Å². The highest BCUT2D eigenvalue weighted by Crippen LogP contribution is 2.21. The van der Waals surface area contributed by atoms with Crippen LogP contribution in [-0.4, -0.2) is 5.97 Å². The Morgan fingerprint density at radius 3 is 2.12 bits per heavy atom. The zero-order valence-electron chi connectivity index (χ0n) is 14.9. The van der Waals surface area contributed by atoms with Gasteiger partial charge in [0.1, 0.15) is 5.75 Å². The van der Waals surface area contributed by atoms with Crippen molar-refractivity contribution < 1.29 is 9.53 Å². The highest BCUT2D eigenvalue weighted by Gasteiger charge is 2.05. The van der Waals surface area contributed by atoms with Gasteiger partial charge in [0.15, 0.2) is 0 Å². The van der Waals surface area contributed by atoms with Crippen molar-refractivity contribution in [1.29, 1.82) is 0 Å². The van der Waals surface area contributed by atoms with Crippen LogP contribution >= 0.6 is 0 Å². The van der Waals surface area contributed by atoms with Crippen molar-refractivity contribution in [2.24, 2.45) is 0 Å². The van der Waals surface area contributed by atoms with E-state index in [2.05, 4.69) is 13.0 Å². The van der Waals surface area contributed by atoms with Crippen LogP contribution in [0.1, 0.15) is 71.1 Å². The summed E-state index contributed by atoms with van der Waals surface area (Å²) in [4.78, 5) is 11.9. The summed E-state index contributed by atoms with van der Waals surface area (Å²) in [7, 11) is 0. The number of carbonyl (C=O) groups is 1. The molecule has 0 aromatic heterocycles. The van der Waals surface area contributed by atoms with E-state index in [1.165, 1.54) is 44.9 Å². The molecule has 0 aliphatic carbocycles. The Kier molecular flexibility index (Phi) is 8.37. The van der Waals surface area contributed by atoms with Crippen molar-refractivity contribution in [1.82, 2.24) is 0 Å². The Hall–Kier alpha value is -1.83. The third-order valence-electron chi connectivity index (χ3n) is 4.44. The van der Waals surface area contributed by atoms with Gasteiger partial charge in [-0.05, 0) is 29.3 Å². The van der Waals surface area contributed by atoms with Gasteiger partial charge in [-0.1, -0.05) is 88.6 Å². The quantitative estimate of drug-likeness (QED) is 0.262. The fourth-order valence-electron chi connectivity index (χ4n) is 2.99. The average Bonchev–Trinajstić information content (AvgIpc) is 2.60. The smallest absolute Gasteiger partial charge is 0.311 e. The van der Waals surface area contributed by atoms with Gasteiger partial charge in [-0.25, -0.2) is 0 Å². The van der Waals surface area contributed by atoms with Gasteiger partial charge in [0, 0.05) is 6.42 Å².